The molecule has 2 aromatic carbocycles. The number of aromatic nitrogens is 4. The van der Waals surface area contributed by atoms with Gasteiger partial charge in [-0.1, -0.05) is 18.2 Å². The van der Waals surface area contributed by atoms with E-state index in [2.05, 4.69) is 20.8 Å². The smallest absolute Gasteiger partial charge is 0.175 e. The van der Waals surface area contributed by atoms with Crippen LogP contribution in [0.25, 0.3) is 5.69 Å². The predicted molar refractivity (Wildman–Crippen MR) is 72.8 cm³/mol. The van der Waals surface area contributed by atoms with Crippen LogP contribution in [0.2, 0.25) is 0 Å². The van der Waals surface area contributed by atoms with Crippen molar-refractivity contribution < 1.29 is 8.78 Å². The van der Waals surface area contributed by atoms with Crippen molar-refractivity contribution in [2.75, 3.05) is 5.32 Å². The van der Waals surface area contributed by atoms with E-state index in [1.165, 1.54) is 12.1 Å². The Morgan fingerprint density at radius 1 is 1.00 bits per heavy atom. The molecule has 1 N–H and O–H groups in total. The average molecular weight is 287 g/mol. The molecule has 0 saturated carbocycles. The van der Waals surface area contributed by atoms with Crippen LogP contribution in [-0.2, 0) is 6.54 Å². The Morgan fingerprint density at radius 2 is 1.71 bits per heavy atom. The molecule has 0 aliphatic rings. The quantitative estimate of drug-likeness (QED) is 0.801. The molecule has 0 radical (unpaired) electrons. The molecule has 3 rings (SSSR count). The van der Waals surface area contributed by atoms with Crippen LogP contribution in [0.3, 0.4) is 0 Å². The Morgan fingerprint density at radius 3 is 2.43 bits per heavy atom. The lowest BCUT2D eigenvalue weighted by Crippen LogP contribution is -2.08. The maximum Gasteiger partial charge on any atom is 0.175 e. The molecule has 7 heteroatoms. The number of anilines is 1. The van der Waals surface area contributed by atoms with Crippen molar-refractivity contribution in [3.63, 3.8) is 0 Å². The van der Waals surface area contributed by atoms with Crippen molar-refractivity contribution >= 4 is 5.69 Å². The first kappa shape index (κ1) is 13.2. The molecular formula is C14H11F2N5. The molecule has 106 valence electrons. The number of hydrogen-bond donors (Lipinski definition) is 1. The first-order valence-corrected chi connectivity index (χ1v) is 6.25. The van der Waals surface area contributed by atoms with E-state index in [1.54, 1.807) is 4.68 Å². The molecule has 1 heterocycles. The number of tetrazole rings is 1. The van der Waals surface area contributed by atoms with E-state index in [0.717, 1.165) is 11.8 Å². The van der Waals surface area contributed by atoms with E-state index in [-0.39, 0.29) is 6.54 Å². The van der Waals surface area contributed by atoms with Crippen LogP contribution < -0.4 is 5.32 Å². The molecule has 5 nitrogen and oxygen atoms in total. The van der Waals surface area contributed by atoms with Gasteiger partial charge in [0.2, 0.25) is 0 Å². The third-order valence-corrected chi connectivity index (χ3v) is 2.85. The largest absolute Gasteiger partial charge is 0.377 e. The van der Waals surface area contributed by atoms with E-state index in [9.17, 15) is 8.78 Å². The molecule has 0 amide bonds. The van der Waals surface area contributed by atoms with E-state index in [1.807, 2.05) is 30.3 Å². The van der Waals surface area contributed by atoms with Crippen molar-refractivity contribution in [3.05, 3.63) is 66.0 Å². The standard InChI is InChI=1S/C14H11F2N5/c15-10-6-11(16)8-12(7-10)17-9-14-18-19-20-21(14)13-4-2-1-3-5-13/h1-8,17H,9H2. The zero-order valence-corrected chi connectivity index (χ0v) is 10.9. The van der Waals surface area contributed by atoms with Crippen LogP contribution in [0.15, 0.2) is 48.5 Å². The van der Waals surface area contributed by atoms with Crippen molar-refractivity contribution in [1.82, 2.24) is 20.2 Å². The Balaban J connectivity index is 1.79. The summed E-state index contributed by atoms with van der Waals surface area (Å²) in [4.78, 5) is 0. The van der Waals surface area contributed by atoms with Gasteiger partial charge in [-0.3, -0.25) is 0 Å². The highest BCUT2D eigenvalue weighted by molar-refractivity contribution is 5.44. The van der Waals surface area contributed by atoms with Crippen LogP contribution in [0.1, 0.15) is 5.82 Å². The Hall–Kier alpha value is -2.83. The molecule has 0 bridgehead atoms. The molecule has 0 saturated heterocycles. The maximum atomic E-state index is 13.1. The van der Waals surface area contributed by atoms with E-state index >= 15 is 0 Å². The van der Waals surface area contributed by atoms with Crippen LogP contribution in [-0.4, -0.2) is 20.2 Å². The highest BCUT2D eigenvalue weighted by Crippen LogP contribution is 2.14. The topological polar surface area (TPSA) is 55.6 Å². The minimum absolute atomic E-state index is 0.241. The van der Waals surface area contributed by atoms with Gasteiger partial charge < -0.3 is 5.32 Å². The molecule has 0 aliphatic heterocycles. The fourth-order valence-electron chi connectivity index (χ4n) is 1.92. The summed E-state index contributed by atoms with van der Waals surface area (Å²) in [5.41, 5.74) is 1.14. The summed E-state index contributed by atoms with van der Waals surface area (Å²) in [7, 11) is 0. The van der Waals surface area contributed by atoms with Crippen molar-refractivity contribution in [3.8, 4) is 5.69 Å². The van der Waals surface area contributed by atoms with Gasteiger partial charge >= 0.3 is 0 Å². The third kappa shape index (κ3) is 3.02. The highest BCUT2D eigenvalue weighted by Gasteiger charge is 2.08. The van der Waals surface area contributed by atoms with Gasteiger partial charge in [0.05, 0.1) is 12.2 Å². The number of nitrogens with zero attached hydrogens (tertiary/aromatic N) is 4. The summed E-state index contributed by atoms with van der Waals surface area (Å²) in [5, 5.41) is 14.3. The molecule has 3 aromatic rings. The van der Waals surface area contributed by atoms with Gasteiger partial charge in [0.25, 0.3) is 0 Å². The minimum Gasteiger partial charge on any atom is -0.377 e. The van der Waals surface area contributed by atoms with Gasteiger partial charge in [-0.25, -0.2) is 8.78 Å². The van der Waals surface area contributed by atoms with Gasteiger partial charge in [0, 0.05) is 11.8 Å². The normalized spacial score (nSPS) is 10.6. The molecular weight excluding hydrogens is 276 g/mol. The zero-order chi connectivity index (χ0) is 14.7. The maximum absolute atomic E-state index is 13.1. The second-order valence-electron chi connectivity index (χ2n) is 4.35. The van der Waals surface area contributed by atoms with Crippen molar-refractivity contribution in [2.45, 2.75) is 6.54 Å². The Bertz CT molecular complexity index is 722. The van der Waals surface area contributed by atoms with Gasteiger partial charge in [-0.05, 0) is 34.7 Å². The second-order valence-corrected chi connectivity index (χ2v) is 4.35. The average Bonchev–Trinajstić information content (AvgIpc) is 2.93. The van der Waals surface area contributed by atoms with Crippen LogP contribution in [0.4, 0.5) is 14.5 Å². The Kier molecular flexibility index (Phi) is 3.55. The molecule has 0 fully saturated rings. The summed E-state index contributed by atoms with van der Waals surface area (Å²) in [5.74, 6) is -0.744. The van der Waals surface area contributed by atoms with Gasteiger partial charge in [-0.15, -0.1) is 5.10 Å². The molecule has 0 atom stereocenters. The van der Waals surface area contributed by atoms with Gasteiger partial charge in [0.15, 0.2) is 5.82 Å². The summed E-state index contributed by atoms with van der Waals surface area (Å²) in [6.07, 6.45) is 0. The number of para-hydroxylation sites is 1. The molecule has 0 spiro atoms. The number of rotatable bonds is 4. The number of benzene rings is 2. The summed E-state index contributed by atoms with van der Waals surface area (Å²) in [6.45, 7) is 0.241. The third-order valence-electron chi connectivity index (χ3n) is 2.85. The first-order chi connectivity index (χ1) is 10.2. The number of halogens is 2. The molecule has 1 aromatic heterocycles. The predicted octanol–water partition coefficient (Wildman–Crippen LogP) is 2.55. The van der Waals surface area contributed by atoms with Crippen molar-refractivity contribution in [2.24, 2.45) is 0 Å². The fraction of sp³-hybridized carbons (Fsp3) is 0.0714. The first-order valence-electron chi connectivity index (χ1n) is 6.25. The highest BCUT2D eigenvalue weighted by atomic mass is 19.1. The monoisotopic (exact) mass is 287 g/mol. The van der Waals surface area contributed by atoms with E-state index < -0.39 is 11.6 Å². The lowest BCUT2D eigenvalue weighted by molar-refractivity contribution is 0.584. The van der Waals surface area contributed by atoms with Gasteiger partial charge in [-0.2, -0.15) is 4.68 Å². The van der Waals surface area contributed by atoms with Crippen LogP contribution in [0, 0.1) is 11.6 Å². The lowest BCUT2D eigenvalue weighted by Gasteiger charge is -2.07. The number of hydrogen-bond acceptors (Lipinski definition) is 4. The fourth-order valence-corrected chi connectivity index (χ4v) is 1.92. The van der Waals surface area contributed by atoms with Crippen molar-refractivity contribution in [1.29, 1.82) is 0 Å². The summed E-state index contributed by atoms with van der Waals surface area (Å²) < 4.78 is 27.8. The minimum atomic E-state index is -0.639. The second kappa shape index (κ2) is 5.66. The summed E-state index contributed by atoms with van der Waals surface area (Å²) in [6, 6.07) is 12.6. The van der Waals surface area contributed by atoms with Gasteiger partial charge in [0.1, 0.15) is 11.6 Å². The molecule has 0 aliphatic carbocycles. The summed E-state index contributed by atoms with van der Waals surface area (Å²) >= 11 is 0. The van der Waals surface area contributed by atoms with E-state index in [0.29, 0.717) is 11.5 Å². The van der Waals surface area contributed by atoms with E-state index in [4.69, 9.17) is 0 Å². The van der Waals surface area contributed by atoms with Crippen LogP contribution in [0.5, 0.6) is 0 Å². The number of nitrogens with one attached hydrogen (secondary N) is 1. The van der Waals surface area contributed by atoms with Crippen LogP contribution >= 0.6 is 0 Å². The molecule has 21 heavy (non-hydrogen) atoms. The Labute approximate surface area is 119 Å². The zero-order valence-electron chi connectivity index (χ0n) is 10.9. The molecule has 0 unspecified atom stereocenters. The SMILES string of the molecule is Fc1cc(F)cc(NCc2nnnn2-c2ccccc2)c1. The lowest BCUT2D eigenvalue weighted by atomic mass is 10.3.